The van der Waals surface area contributed by atoms with E-state index in [-0.39, 0.29) is 22.9 Å². The molecule has 4 aromatic rings. The number of methoxy groups -OCH3 is 1. The van der Waals surface area contributed by atoms with Gasteiger partial charge in [0.15, 0.2) is 17.3 Å². The second kappa shape index (κ2) is 10.8. The molecule has 10 heteroatoms. The molecule has 0 bridgehead atoms. The Labute approximate surface area is 219 Å². The van der Waals surface area contributed by atoms with E-state index >= 15 is 0 Å². The number of benzene rings is 3. The standard InChI is InChI=1S/C27H23BrF3N3O3/c1-4-16(2)37-24-14-21(28)18(13-23(24)36-3)15-32-34-25(17-8-7-9-19(12-17)27(29,30)31)33-22-11-6-5-10-20(22)26(34)35/h5-16H,4H2,1-3H3/t16-/m0/s1. The lowest BCUT2D eigenvalue weighted by atomic mass is 10.1. The molecule has 192 valence electrons. The average molecular weight is 574 g/mol. The lowest BCUT2D eigenvalue weighted by Crippen LogP contribution is -2.20. The number of aromatic nitrogens is 2. The zero-order valence-electron chi connectivity index (χ0n) is 20.2. The molecule has 3 aromatic carbocycles. The van der Waals surface area contributed by atoms with Crippen LogP contribution < -0.4 is 15.0 Å². The van der Waals surface area contributed by atoms with E-state index in [0.29, 0.717) is 27.1 Å². The number of para-hydroxylation sites is 1. The van der Waals surface area contributed by atoms with E-state index in [9.17, 15) is 18.0 Å². The number of hydrogen-bond acceptors (Lipinski definition) is 5. The van der Waals surface area contributed by atoms with Crippen molar-refractivity contribution in [2.24, 2.45) is 5.10 Å². The first-order valence-corrected chi connectivity index (χ1v) is 12.2. The summed E-state index contributed by atoms with van der Waals surface area (Å²) in [6, 6.07) is 14.7. The van der Waals surface area contributed by atoms with Gasteiger partial charge in [-0.2, -0.15) is 22.9 Å². The van der Waals surface area contributed by atoms with Crippen LogP contribution in [0.2, 0.25) is 0 Å². The van der Waals surface area contributed by atoms with Gasteiger partial charge in [0.2, 0.25) is 0 Å². The Morgan fingerprint density at radius 2 is 1.86 bits per heavy atom. The molecule has 0 unspecified atom stereocenters. The summed E-state index contributed by atoms with van der Waals surface area (Å²) in [7, 11) is 1.51. The van der Waals surface area contributed by atoms with Crippen molar-refractivity contribution in [2.75, 3.05) is 7.11 Å². The van der Waals surface area contributed by atoms with Crippen molar-refractivity contribution in [3.8, 4) is 22.9 Å². The average Bonchev–Trinajstić information content (AvgIpc) is 2.88. The molecule has 1 atom stereocenters. The van der Waals surface area contributed by atoms with Gasteiger partial charge in [-0.25, -0.2) is 4.98 Å². The first kappa shape index (κ1) is 26.4. The zero-order chi connectivity index (χ0) is 26.7. The van der Waals surface area contributed by atoms with E-state index in [1.165, 1.54) is 25.5 Å². The number of alkyl halides is 3. The van der Waals surface area contributed by atoms with Crippen LogP contribution in [-0.2, 0) is 6.18 Å². The van der Waals surface area contributed by atoms with Crippen LogP contribution in [-0.4, -0.2) is 29.1 Å². The SMILES string of the molecule is CC[C@H](C)Oc1cc(Br)c(C=Nn2c(-c3cccc(C(F)(F)F)c3)nc3ccccc3c2=O)cc1OC. The highest BCUT2D eigenvalue weighted by molar-refractivity contribution is 9.10. The molecule has 0 radical (unpaired) electrons. The zero-order valence-corrected chi connectivity index (χ0v) is 21.8. The van der Waals surface area contributed by atoms with Crippen LogP contribution in [0.25, 0.3) is 22.3 Å². The van der Waals surface area contributed by atoms with Crippen LogP contribution in [0.5, 0.6) is 11.5 Å². The summed E-state index contributed by atoms with van der Waals surface area (Å²) in [6.45, 7) is 3.95. The Hall–Kier alpha value is -3.66. The molecule has 0 amide bonds. The molecule has 0 N–H and O–H groups in total. The number of rotatable bonds is 7. The van der Waals surface area contributed by atoms with E-state index in [0.717, 1.165) is 23.2 Å². The summed E-state index contributed by atoms with van der Waals surface area (Å²) >= 11 is 3.49. The molecule has 4 rings (SSSR count). The Balaban J connectivity index is 1.87. The Kier molecular flexibility index (Phi) is 7.68. The van der Waals surface area contributed by atoms with Gasteiger partial charge in [-0.1, -0.05) is 31.2 Å². The minimum Gasteiger partial charge on any atom is -0.493 e. The van der Waals surface area contributed by atoms with Crippen LogP contribution in [0.1, 0.15) is 31.4 Å². The Bertz CT molecular complexity index is 1530. The van der Waals surface area contributed by atoms with Gasteiger partial charge < -0.3 is 9.47 Å². The van der Waals surface area contributed by atoms with Crippen LogP contribution in [0.3, 0.4) is 0 Å². The number of halogens is 4. The van der Waals surface area contributed by atoms with Crippen molar-refractivity contribution in [1.82, 2.24) is 9.66 Å². The molecule has 6 nitrogen and oxygen atoms in total. The number of hydrogen-bond donors (Lipinski definition) is 0. The quantitative estimate of drug-likeness (QED) is 0.225. The van der Waals surface area contributed by atoms with Crippen molar-refractivity contribution in [3.05, 3.63) is 86.6 Å². The lowest BCUT2D eigenvalue weighted by molar-refractivity contribution is -0.137. The molecule has 0 aliphatic heterocycles. The molecule has 1 heterocycles. The number of nitrogens with zero attached hydrogens (tertiary/aromatic N) is 3. The molecule has 0 spiro atoms. The third kappa shape index (κ3) is 5.69. The second-order valence-electron chi connectivity index (χ2n) is 8.25. The molecule has 1 aromatic heterocycles. The van der Waals surface area contributed by atoms with Crippen LogP contribution >= 0.6 is 15.9 Å². The van der Waals surface area contributed by atoms with E-state index in [2.05, 4.69) is 26.0 Å². The van der Waals surface area contributed by atoms with E-state index in [1.54, 1.807) is 36.4 Å². The van der Waals surface area contributed by atoms with Crippen LogP contribution in [0.15, 0.2) is 75.0 Å². The summed E-state index contributed by atoms with van der Waals surface area (Å²) in [5, 5.41) is 4.63. The minimum absolute atomic E-state index is 0.0224. The van der Waals surface area contributed by atoms with Crippen molar-refractivity contribution >= 4 is 33.0 Å². The smallest absolute Gasteiger partial charge is 0.416 e. The van der Waals surface area contributed by atoms with Gasteiger partial charge in [0, 0.05) is 15.6 Å². The fraction of sp³-hybridized carbons (Fsp3) is 0.222. The van der Waals surface area contributed by atoms with E-state index < -0.39 is 17.3 Å². The van der Waals surface area contributed by atoms with Crippen molar-refractivity contribution < 1.29 is 22.6 Å². The fourth-order valence-corrected chi connectivity index (χ4v) is 4.00. The highest BCUT2D eigenvalue weighted by Crippen LogP contribution is 2.34. The summed E-state index contributed by atoms with van der Waals surface area (Å²) in [4.78, 5) is 17.9. The second-order valence-corrected chi connectivity index (χ2v) is 9.11. The molecule has 0 fully saturated rings. The molecular weight excluding hydrogens is 551 g/mol. The van der Waals surface area contributed by atoms with Gasteiger partial charge in [-0.3, -0.25) is 4.79 Å². The third-order valence-electron chi connectivity index (χ3n) is 5.70. The maximum atomic E-state index is 13.4. The maximum Gasteiger partial charge on any atom is 0.416 e. The minimum atomic E-state index is -4.55. The summed E-state index contributed by atoms with van der Waals surface area (Å²) in [5.74, 6) is 0.980. The van der Waals surface area contributed by atoms with Gasteiger partial charge in [-0.05, 0) is 65.7 Å². The predicted octanol–water partition coefficient (Wildman–Crippen LogP) is 6.91. The first-order chi connectivity index (χ1) is 17.6. The summed E-state index contributed by atoms with van der Waals surface area (Å²) < 4.78 is 53.2. The molecule has 0 aliphatic carbocycles. The maximum absolute atomic E-state index is 13.4. The molecule has 0 aliphatic rings. The fourth-order valence-electron chi connectivity index (χ4n) is 3.57. The Morgan fingerprint density at radius 1 is 1.11 bits per heavy atom. The molecule has 37 heavy (non-hydrogen) atoms. The largest absolute Gasteiger partial charge is 0.493 e. The van der Waals surface area contributed by atoms with Gasteiger partial charge in [0.05, 0.1) is 35.9 Å². The lowest BCUT2D eigenvalue weighted by Gasteiger charge is -2.16. The first-order valence-electron chi connectivity index (χ1n) is 11.4. The normalized spacial score (nSPS) is 12.7. The van der Waals surface area contributed by atoms with Gasteiger partial charge in [0.1, 0.15) is 0 Å². The van der Waals surface area contributed by atoms with Gasteiger partial charge in [0.25, 0.3) is 5.56 Å². The molecule has 0 saturated carbocycles. The van der Waals surface area contributed by atoms with Crippen molar-refractivity contribution in [3.63, 3.8) is 0 Å². The topological polar surface area (TPSA) is 65.7 Å². The van der Waals surface area contributed by atoms with E-state index in [4.69, 9.17) is 9.47 Å². The van der Waals surface area contributed by atoms with Crippen molar-refractivity contribution in [1.29, 1.82) is 0 Å². The predicted molar refractivity (Wildman–Crippen MR) is 141 cm³/mol. The molecule has 0 saturated heterocycles. The van der Waals surface area contributed by atoms with Crippen molar-refractivity contribution in [2.45, 2.75) is 32.5 Å². The third-order valence-corrected chi connectivity index (χ3v) is 6.39. The molecular formula is C27H23BrF3N3O3. The van der Waals surface area contributed by atoms with Gasteiger partial charge in [-0.15, -0.1) is 0 Å². The highest BCUT2D eigenvalue weighted by Gasteiger charge is 2.31. The number of fused-ring (bicyclic) bond motifs is 1. The monoisotopic (exact) mass is 573 g/mol. The Morgan fingerprint density at radius 3 is 2.57 bits per heavy atom. The highest BCUT2D eigenvalue weighted by atomic mass is 79.9. The summed E-state index contributed by atoms with van der Waals surface area (Å²) in [5.41, 5.74) is -0.366. The van der Waals surface area contributed by atoms with Gasteiger partial charge >= 0.3 is 6.18 Å². The van der Waals surface area contributed by atoms with E-state index in [1.807, 2.05) is 13.8 Å². The summed E-state index contributed by atoms with van der Waals surface area (Å²) in [6.07, 6.45) is -2.37. The number of ether oxygens (including phenoxy) is 2. The van der Waals surface area contributed by atoms with Crippen LogP contribution in [0.4, 0.5) is 13.2 Å². The van der Waals surface area contributed by atoms with Crippen LogP contribution in [0, 0.1) is 0 Å².